The minimum absolute atomic E-state index is 0.154. The number of rotatable bonds is 4. The summed E-state index contributed by atoms with van der Waals surface area (Å²) < 4.78 is 22.8. The van der Waals surface area contributed by atoms with Gasteiger partial charge in [-0.1, -0.05) is 62.8 Å². The molecule has 1 aromatic rings. The van der Waals surface area contributed by atoms with Gasteiger partial charge in [0.25, 0.3) is 0 Å². The van der Waals surface area contributed by atoms with E-state index in [2.05, 4.69) is 0 Å². The SMILES string of the molecule is COC1CCCC[C@@H](c2ccccc2)OC(=O)/C(C)=C/[C@H](OC)[C@@H](O)[C@H](C)[C@@H](O)[C@@H](C)/C=C/[C@H]1OC. The zero-order valence-electron chi connectivity index (χ0n) is 22.5. The first-order chi connectivity index (χ1) is 17.2. The monoisotopic (exact) mass is 504 g/mol. The van der Waals surface area contributed by atoms with Gasteiger partial charge in [0.05, 0.1) is 18.3 Å². The number of aliphatic hydroxyl groups is 2. The van der Waals surface area contributed by atoms with Crippen molar-refractivity contribution in [3.63, 3.8) is 0 Å². The number of ether oxygens (including phenoxy) is 4. The Labute approximate surface area is 216 Å². The van der Waals surface area contributed by atoms with Gasteiger partial charge in [0.1, 0.15) is 18.3 Å². The molecule has 7 heteroatoms. The molecule has 0 radical (unpaired) electrons. The second kappa shape index (κ2) is 15.3. The van der Waals surface area contributed by atoms with E-state index in [1.54, 1.807) is 34.1 Å². The molecule has 0 fully saturated rings. The van der Waals surface area contributed by atoms with Crippen LogP contribution in [0.2, 0.25) is 0 Å². The Morgan fingerprint density at radius 3 is 2.11 bits per heavy atom. The third-order valence-corrected chi connectivity index (χ3v) is 7.13. The molecule has 0 bridgehead atoms. The molecule has 2 rings (SSSR count). The number of methoxy groups -OCH3 is 3. The molecular formula is C29H44O7. The number of cyclic esters (lactones) is 1. The quantitative estimate of drug-likeness (QED) is 0.464. The van der Waals surface area contributed by atoms with Crippen molar-refractivity contribution >= 4 is 5.97 Å². The van der Waals surface area contributed by atoms with Crippen molar-refractivity contribution in [2.75, 3.05) is 21.3 Å². The van der Waals surface area contributed by atoms with Crippen molar-refractivity contribution in [2.45, 2.75) is 83.1 Å². The first-order valence-corrected chi connectivity index (χ1v) is 12.8. The molecule has 0 aliphatic carbocycles. The van der Waals surface area contributed by atoms with Crippen LogP contribution in [0.1, 0.15) is 58.1 Å². The van der Waals surface area contributed by atoms with Gasteiger partial charge in [0, 0.05) is 38.7 Å². The zero-order valence-corrected chi connectivity index (χ0v) is 22.5. The van der Waals surface area contributed by atoms with Gasteiger partial charge in [0.15, 0.2) is 0 Å². The Kier molecular flexibility index (Phi) is 12.8. The average molecular weight is 505 g/mol. The summed E-state index contributed by atoms with van der Waals surface area (Å²) in [6.45, 7) is 5.31. The van der Waals surface area contributed by atoms with Gasteiger partial charge in [-0.05, 0) is 37.8 Å². The lowest BCUT2D eigenvalue weighted by atomic mass is 9.86. The van der Waals surface area contributed by atoms with Crippen LogP contribution in [0.15, 0.2) is 54.1 Å². The maximum absolute atomic E-state index is 13.0. The van der Waals surface area contributed by atoms with Crippen molar-refractivity contribution < 1.29 is 34.0 Å². The van der Waals surface area contributed by atoms with Crippen molar-refractivity contribution in [1.82, 2.24) is 0 Å². The van der Waals surface area contributed by atoms with Gasteiger partial charge in [0.2, 0.25) is 0 Å². The van der Waals surface area contributed by atoms with Crippen LogP contribution in [-0.4, -0.2) is 68.0 Å². The standard InChI is InChI=1S/C29H44O7/c1-19-16-17-25(34-5)24(33-4)15-11-10-14-23(22-12-8-7-9-13-22)36-29(32)20(2)18-26(35-6)28(31)21(3)27(19)30/h7-9,12-13,16-19,21,23-28,30-31H,10-11,14-15H2,1-6H3/b17-16+,20-18+/t19-,21+,23-,24?,25+,26-,27-,28-/m0/s1. The van der Waals surface area contributed by atoms with Crippen molar-refractivity contribution in [3.05, 3.63) is 59.7 Å². The molecule has 0 spiro atoms. The Morgan fingerprint density at radius 1 is 0.861 bits per heavy atom. The minimum atomic E-state index is -1.03. The summed E-state index contributed by atoms with van der Waals surface area (Å²) in [4.78, 5) is 13.0. The lowest BCUT2D eigenvalue weighted by Crippen LogP contribution is -2.41. The van der Waals surface area contributed by atoms with Crippen LogP contribution in [-0.2, 0) is 23.7 Å². The third kappa shape index (κ3) is 8.53. The predicted octanol–water partition coefficient (Wildman–Crippen LogP) is 4.39. The van der Waals surface area contributed by atoms with Crippen molar-refractivity contribution in [2.24, 2.45) is 11.8 Å². The van der Waals surface area contributed by atoms with E-state index in [9.17, 15) is 15.0 Å². The Bertz CT molecular complexity index is 837. The number of hydrogen-bond donors (Lipinski definition) is 2. The first kappa shape index (κ1) is 30.2. The van der Waals surface area contributed by atoms with Gasteiger partial charge in [-0.2, -0.15) is 0 Å². The summed E-state index contributed by atoms with van der Waals surface area (Å²) in [5.41, 5.74) is 1.28. The maximum atomic E-state index is 13.0. The van der Waals surface area contributed by atoms with Crippen LogP contribution < -0.4 is 0 Å². The highest BCUT2D eigenvalue weighted by molar-refractivity contribution is 5.88. The Morgan fingerprint density at radius 2 is 1.50 bits per heavy atom. The molecular weight excluding hydrogens is 460 g/mol. The van der Waals surface area contributed by atoms with Gasteiger partial charge in [-0.15, -0.1) is 0 Å². The highest BCUT2D eigenvalue weighted by Crippen LogP contribution is 2.27. The van der Waals surface area contributed by atoms with E-state index in [-0.39, 0.29) is 18.1 Å². The molecule has 1 aromatic carbocycles. The molecule has 0 amide bonds. The molecule has 36 heavy (non-hydrogen) atoms. The molecule has 2 N–H and O–H groups in total. The van der Waals surface area contributed by atoms with Crippen molar-refractivity contribution in [3.8, 4) is 0 Å². The van der Waals surface area contributed by atoms with Gasteiger partial charge in [-0.3, -0.25) is 0 Å². The Balaban J connectivity index is 2.38. The van der Waals surface area contributed by atoms with Crippen LogP contribution in [0.4, 0.5) is 0 Å². The second-order valence-electron chi connectivity index (χ2n) is 9.70. The molecule has 1 unspecified atom stereocenters. The summed E-state index contributed by atoms with van der Waals surface area (Å²) in [7, 11) is 4.78. The van der Waals surface area contributed by atoms with Crippen LogP contribution in [0.3, 0.4) is 0 Å². The van der Waals surface area contributed by atoms with E-state index in [0.717, 1.165) is 24.8 Å². The van der Waals surface area contributed by atoms with Crippen LogP contribution in [0.5, 0.6) is 0 Å². The molecule has 202 valence electrons. The highest BCUT2D eigenvalue weighted by Gasteiger charge is 2.32. The van der Waals surface area contributed by atoms with E-state index in [4.69, 9.17) is 18.9 Å². The normalized spacial score (nSPS) is 36.1. The molecule has 0 saturated carbocycles. The molecule has 0 aromatic heterocycles. The summed E-state index contributed by atoms with van der Waals surface area (Å²) in [5.74, 6) is -1.23. The van der Waals surface area contributed by atoms with Crippen LogP contribution in [0.25, 0.3) is 0 Å². The number of carbonyl (C=O) groups excluding carboxylic acids is 1. The molecule has 8 atom stereocenters. The number of carbonyl (C=O) groups is 1. The molecule has 1 aliphatic heterocycles. The fraction of sp³-hybridized carbons (Fsp3) is 0.621. The number of esters is 1. The summed E-state index contributed by atoms with van der Waals surface area (Å²) in [6, 6.07) is 9.70. The Hall–Kier alpha value is -2.03. The highest BCUT2D eigenvalue weighted by atomic mass is 16.5. The predicted molar refractivity (Wildman–Crippen MR) is 139 cm³/mol. The maximum Gasteiger partial charge on any atom is 0.334 e. The van der Waals surface area contributed by atoms with E-state index in [1.807, 2.05) is 49.4 Å². The second-order valence-corrected chi connectivity index (χ2v) is 9.70. The smallest absolute Gasteiger partial charge is 0.334 e. The molecule has 7 nitrogen and oxygen atoms in total. The number of benzene rings is 1. The van der Waals surface area contributed by atoms with Crippen LogP contribution >= 0.6 is 0 Å². The largest absolute Gasteiger partial charge is 0.454 e. The third-order valence-electron chi connectivity index (χ3n) is 7.13. The fourth-order valence-electron chi connectivity index (χ4n) is 4.63. The summed E-state index contributed by atoms with van der Waals surface area (Å²) in [6.07, 6.45) is 5.08. The van der Waals surface area contributed by atoms with Gasteiger partial charge in [-0.25, -0.2) is 4.79 Å². The summed E-state index contributed by atoms with van der Waals surface area (Å²) in [5, 5.41) is 21.9. The van der Waals surface area contributed by atoms with E-state index >= 15 is 0 Å². The fourth-order valence-corrected chi connectivity index (χ4v) is 4.63. The minimum Gasteiger partial charge on any atom is -0.454 e. The van der Waals surface area contributed by atoms with E-state index in [1.165, 1.54) is 7.11 Å². The van der Waals surface area contributed by atoms with Crippen molar-refractivity contribution in [1.29, 1.82) is 0 Å². The first-order valence-electron chi connectivity index (χ1n) is 12.8. The average Bonchev–Trinajstić information content (AvgIpc) is 2.90. The van der Waals surface area contributed by atoms with Crippen LogP contribution in [0, 0.1) is 11.8 Å². The number of hydrogen-bond acceptors (Lipinski definition) is 7. The molecule has 0 saturated heterocycles. The van der Waals surface area contributed by atoms with Gasteiger partial charge >= 0.3 is 5.97 Å². The lowest BCUT2D eigenvalue weighted by Gasteiger charge is -2.31. The topological polar surface area (TPSA) is 94.5 Å². The van der Waals surface area contributed by atoms with E-state index in [0.29, 0.717) is 12.0 Å². The van der Waals surface area contributed by atoms with E-state index < -0.39 is 36.3 Å². The number of aliphatic hydroxyl groups excluding tert-OH is 2. The van der Waals surface area contributed by atoms with Gasteiger partial charge < -0.3 is 29.2 Å². The molecule has 1 heterocycles. The molecule has 1 aliphatic rings. The zero-order chi connectivity index (χ0) is 26.7. The summed E-state index contributed by atoms with van der Waals surface area (Å²) >= 11 is 0. The lowest BCUT2D eigenvalue weighted by molar-refractivity contribution is -0.145.